The predicted octanol–water partition coefficient (Wildman–Crippen LogP) is 4.08. The van der Waals surface area contributed by atoms with Crippen LogP contribution in [0.15, 0.2) is 35.7 Å². The summed E-state index contributed by atoms with van der Waals surface area (Å²) in [5.41, 5.74) is 3.94. The fourth-order valence-electron chi connectivity index (χ4n) is 3.12. The Morgan fingerprint density at radius 2 is 1.93 bits per heavy atom. The zero-order valence-corrected chi connectivity index (χ0v) is 15.7. The van der Waals surface area contributed by atoms with E-state index in [4.69, 9.17) is 9.47 Å². The number of rotatable bonds is 4. The van der Waals surface area contributed by atoms with Gasteiger partial charge in [-0.25, -0.2) is 4.98 Å². The molecule has 0 fully saturated rings. The molecule has 0 spiro atoms. The summed E-state index contributed by atoms with van der Waals surface area (Å²) in [7, 11) is 3.19. The Morgan fingerprint density at radius 3 is 2.70 bits per heavy atom. The smallest absolute Gasteiger partial charge is 0.224 e. The van der Waals surface area contributed by atoms with Gasteiger partial charge in [0.25, 0.3) is 0 Å². The number of thiazole rings is 1. The highest BCUT2D eigenvalue weighted by atomic mass is 32.1. The first-order valence-corrected chi connectivity index (χ1v) is 9.31. The number of phenolic OH excluding ortho intramolecular Hbond substituents is 1. The summed E-state index contributed by atoms with van der Waals surface area (Å²) < 4.78 is 10.6. The van der Waals surface area contributed by atoms with Crippen molar-refractivity contribution in [3.05, 3.63) is 41.3 Å². The van der Waals surface area contributed by atoms with Gasteiger partial charge < -0.3 is 19.9 Å². The summed E-state index contributed by atoms with van der Waals surface area (Å²) in [5.74, 6) is 1.37. The van der Waals surface area contributed by atoms with Crippen LogP contribution in [0.2, 0.25) is 0 Å². The van der Waals surface area contributed by atoms with Gasteiger partial charge in [0.15, 0.2) is 11.5 Å². The molecule has 0 saturated heterocycles. The number of anilines is 1. The molecule has 1 aliphatic heterocycles. The summed E-state index contributed by atoms with van der Waals surface area (Å²) in [5, 5.41) is 15.9. The number of benzene rings is 2. The molecule has 1 amide bonds. The lowest BCUT2D eigenvalue weighted by atomic mass is 9.98. The minimum Gasteiger partial charge on any atom is -0.507 e. The number of aromatic nitrogens is 1. The van der Waals surface area contributed by atoms with Gasteiger partial charge in [0.05, 0.1) is 19.9 Å². The fraction of sp³-hybridized carbons (Fsp3) is 0.200. The summed E-state index contributed by atoms with van der Waals surface area (Å²) in [6, 6.07) is 9.14. The van der Waals surface area contributed by atoms with Crippen LogP contribution in [0.25, 0.3) is 21.8 Å². The third kappa shape index (κ3) is 3.21. The topological polar surface area (TPSA) is 80.7 Å². The van der Waals surface area contributed by atoms with Crippen LogP contribution in [-0.4, -0.2) is 30.2 Å². The number of amides is 1. The minimum atomic E-state index is -0.0287. The van der Waals surface area contributed by atoms with Crippen LogP contribution in [-0.2, 0) is 11.2 Å². The average Bonchev–Trinajstić information content (AvgIpc) is 3.16. The molecule has 7 heteroatoms. The van der Waals surface area contributed by atoms with Crippen molar-refractivity contribution >= 4 is 22.9 Å². The van der Waals surface area contributed by atoms with Crippen LogP contribution in [0.1, 0.15) is 12.0 Å². The van der Waals surface area contributed by atoms with E-state index >= 15 is 0 Å². The molecular weight excluding hydrogens is 364 g/mol. The number of nitrogens with zero attached hydrogens (tertiary/aromatic N) is 1. The van der Waals surface area contributed by atoms with Crippen molar-refractivity contribution in [2.45, 2.75) is 12.8 Å². The lowest BCUT2D eigenvalue weighted by Crippen LogP contribution is -2.18. The first-order valence-electron chi connectivity index (χ1n) is 8.43. The number of hydrogen-bond donors (Lipinski definition) is 2. The molecule has 0 atom stereocenters. The van der Waals surface area contributed by atoms with E-state index in [9.17, 15) is 9.90 Å². The number of carbonyl (C=O) groups excluding carboxylic acids is 1. The average molecular weight is 382 g/mol. The SMILES string of the molecule is COc1ccc(-c2nc(-c3cc4c(cc3O)NC(=O)CC4)cs2)cc1OC. The zero-order valence-electron chi connectivity index (χ0n) is 14.9. The van der Waals surface area contributed by atoms with Gasteiger partial charge in [-0.1, -0.05) is 0 Å². The van der Waals surface area contributed by atoms with Gasteiger partial charge in [0.2, 0.25) is 5.91 Å². The van der Waals surface area contributed by atoms with Gasteiger partial charge in [-0.05, 0) is 36.2 Å². The molecule has 27 heavy (non-hydrogen) atoms. The maximum atomic E-state index is 11.5. The number of hydrogen-bond acceptors (Lipinski definition) is 6. The second-order valence-electron chi connectivity index (χ2n) is 6.18. The highest BCUT2D eigenvalue weighted by Gasteiger charge is 2.19. The van der Waals surface area contributed by atoms with Gasteiger partial charge in [-0.2, -0.15) is 0 Å². The fourth-order valence-corrected chi connectivity index (χ4v) is 3.94. The molecule has 0 radical (unpaired) electrons. The molecule has 2 N–H and O–H groups in total. The standard InChI is InChI=1S/C20H18N2O4S/c1-25-17-5-3-12(8-18(17)26-2)20-22-15(10-27-20)13-7-11-4-6-19(24)21-14(11)9-16(13)23/h3,5,7-10,23H,4,6H2,1-2H3,(H,21,24). The van der Waals surface area contributed by atoms with Crippen LogP contribution in [0.4, 0.5) is 5.69 Å². The molecule has 6 nitrogen and oxygen atoms in total. The lowest BCUT2D eigenvalue weighted by molar-refractivity contribution is -0.116. The Balaban J connectivity index is 1.70. The van der Waals surface area contributed by atoms with Gasteiger partial charge in [-0.3, -0.25) is 4.79 Å². The Morgan fingerprint density at radius 1 is 1.11 bits per heavy atom. The van der Waals surface area contributed by atoms with Gasteiger partial charge in [0, 0.05) is 34.7 Å². The second-order valence-corrected chi connectivity index (χ2v) is 7.04. The van der Waals surface area contributed by atoms with Crippen LogP contribution in [0.3, 0.4) is 0 Å². The highest BCUT2D eigenvalue weighted by Crippen LogP contribution is 2.39. The van der Waals surface area contributed by atoms with Crippen molar-refractivity contribution < 1.29 is 19.4 Å². The molecule has 0 aliphatic carbocycles. The number of nitrogens with one attached hydrogen (secondary N) is 1. The maximum Gasteiger partial charge on any atom is 0.224 e. The summed E-state index contributed by atoms with van der Waals surface area (Å²) >= 11 is 1.49. The van der Waals surface area contributed by atoms with Crippen molar-refractivity contribution in [2.75, 3.05) is 19.5 Å². The van der Waals surface area contributed by atoms with Crippen molar-refractivity contribution in [3.63, 3.8) is 0 Å². The molecule has 0 unspecified atom stereocenters. The Labute approximate surface area is 160 Å². The van der Waals surface area contributed by atoms with Gasteiger partial charge in [-0.15, -0.1) is 11.3 Å². The number of methoxy groups -OCH3 is 2. The third-order valence-electron chi connectivity index (χ3n) is 4.53. The monoisotopic (exact) mass is 382 g/mol. The normalized spacial score (nSPS) is 13.0. The highest BCUT2D eigenvalue weighted by molar-refractivity contribution is 7.13. The Hall–Kier alpha value is -3.06. The van der Waals surface area contributed by atoms with Crippen LogP contribution in [0, 0.1) is 0 Å². The lowest BCUT2D eigenvalue weighted by Gasteiger charge is -2.18. The number of fused-ring (bicyclic) bond motifs is 1. The third-order valence-corrected chi connectivity index (χ3v) is 5.42. The van der Waals surface area contributed by atoms with Crippen molar-refractivity contribution in [3.8, 4) is 39.1 Å². The van der Waals surface area contributed by atoms with Crippen LogP contribution >= 0.6 is 11.3 Å². The van der Waals surface area contributed by atoms with Crippen LogP contribution in [0.5, 0.6) is 17.2 Å². The van der Waals surface area contributed by atoms with E-state index in [1.165, 1.54) is 11.3 Å². The molecule has 4 rings (SSSR count). The molecule has 0 bridgehead atoms. The Bertz CT molecular complexity index is 1030. The molecule has 3 aromatic rings. The zero-order chi connectivity index (χ0) is 19.0. The number of carbonyl (C=O) groups is 1. The van der Waals surface area contributed by atoms with Crippen molar-refractivity contribution in [1.82, 2.24) is 4.98 Å². The van der Waals surface area contributed by atoms with Crippen molar-refractivity contribution in [2.24, 2.45) is 0 Å². The molecular formula is C20H18N2O4S. The number of aryl methyl sites for hydroxylation is 1. The van der Waals surface area contributed by atoms with E-state index in [0.717, 1.165) is 16.1 Å². The quantitative estimate of drug-likeness (QED) is 0.710. The molecule has 2 aromatic carbocycles. The van der Waals surface area contributed by atoms with E-state index in [1.807, 2.05) is 29.6 Å². The number of phenols is 1. The first kappa shape index (κ1) is 17.4. The predicted molar refractivity (Wildman–Crippen MR) is 105 cm³/mol. The van der Waals surface area contributed by atoms with Gasteiger partial charge in [0.1, 0.15) is 10.8 Å². The van der Waals surface area contributed by atoms with E-state index in [2.05, 4.69) is 10.3 Å². The molecule has 138 valence electrons. The first-order chi connectivity index (χ1) is 13.1. The summed E-state index contributed by atoms with van der Waals surface area (Å²) in [6.07, 6.45) is 1.10. The van der Waals surface area contributed by atoms with Crippen LogP contribution < -0.4 is 14.8 Å². The largest absolute Gasteiger partial charge is 0.507 e. The molecule has 2 heterocycles. The molecule has 1 aliphatic rings. The summed E-state index contributed by atoms with van der Waals surface area (Å²) in [6.45, 7) is 0. The summed E-state index contributed by atoms with van der Waals surface area (Å²) in [4.78, 5) is 16.2. The van der Waals surface area contributed by atoms with Crippen molar-refractivity contribution in [1.29, 1.82) is 0 Å². The van der Waals surface area contributed by atoms with Gasteiger partial charge >= 0.3 is 0 Å². The van der Waals surface area contributed by atoms with E-state index in [0.29, 0.717) is 41.3 Å². The molecule has 1 aromatic heterocycles. The Kier molecular flexibility index (Phi) is 4.45. The maximum absolute atomic E-state index is 11.5. The number of ether oxygens (including phenoxy) is 2. The second kappa shape index (κ2) is 6.92. The number of aromatic hydroxyl groups is 1. The van der Waals surface area contributed by atoms with E-state index < -0.39 is 0 Å². The van der Waals surface area contributed by atoms with E-state index in [-0.39, 0.29) is 11.7 Å². The van der Waals surface area contributed by atoms with E-state index in [1.54, 1.807) is 20.3 Å². The molecule has 0 saturated carbocycles. The minimum absolute atomic E-state index is 0.0287.